The van der Waals surface area contributed by atoms with Crippen LogP contribution < -0.4 is 0 Å². The Hall–Kier alpha value is -2.77. The molecule has 2 aliphatic heterocycles. The third kappa shape index (κ3) is 5.90. The summed E-state index contributed by atoms with van der Waals surface area (Å²) < 4.78 is 17.0. The molecule has 3 fully saturated rings. The van der Waals surface area contributed by atoms with Crippen molar-refractivity contribution in [1.82, 2.24) is 9.80 Å². The Morgan fingerprint density at radius 2 is 1.69 bits per heavy atom. The lowest BCUT2D eigenvalue weighted by Crippen LogP contribution is -2.50. The maximum Gasteiger partial charge on any atom is 0.410 e. The van der Waals surface area contributed by atoms with Crippen LogP contribution in [0.4, 0.5) is 9.59 Å². The van der Waals surface area contributed by atoms with E-state index >= 15 is 0 Å². The average molecular weight is 487 g/mol. The zero-order valence-corrected chi connectivity index (χ0v) is 21.4. The third-order valence-electron chi connectivity index (χ3n) is 7.53. The average Bonchev–Trinajstić information content (AvgIpc) is 3.13. The SMILES string of the molecule is CC(C)(C)OC(=O)N1CCC2(CC1)CN([C@H]1CC[C@@](C)(C(=O)OCc3ccccc3)CC1)C(=O)O2. The van der Waals surface area contributed by atoms with E-state index in [-0.39, 0.29) is 30.8 Å². The number of hydrogen-bond donors (Lipinski definition) is 0. The van der Waals surface area contributed by atoms with Crippen LogP contribution in [0.25, 0.3) is 0 Å². The smallest absolute Gasteiger partial charge is 0.410 e. The third-order valence-corrected chi connectivity index (χ3v) is 7.53. The highest BCUT2D eigenvalue weighted by Crippen LogP contribution is 2.42. The number of esters is 1. The minimum atomic E-state index is -0.551. The first-order valence-electron chi connectivity index (χ1n) is 12.7. The summed E-state index contributed by atoms with van der Waals surface area (Å²) in [5, 5.41) is 0. The molecule has 1 saturated carbocycles. The summed E-state index contributed by atoms with van der Waals surface area (Å²) in [4.78, 5) is 41.6. The molecular weight excluding hydrogens is 448 g/mol. The summed E-state index contributed by atoms with van der Waals surface area (Å²) in [6.07, 6.45) is 3.44. The van der Waals surface area contributed by atoms with E-state index in [9.17, 15) is 14.4 Å². The van der Waals surface area contributed by atoms with Gasteiger partial charge < -0.3 is 24.0 Å². The van der Waals surface area contributed by atoms with Crippen LogP contribution in [0.1, 0.15) is 71.8 Å². The van der Waals surface area contributed by atoms with Crippen LogP contribution in [-0.2, 0) is 25.6 Å². The van der Waals surface area contributed by atoms with Crippen molar-refractivity contribution in [3.63, 3.8) is 0 Å². The van der Waals surface area contributed by atoms with E-state index < -0.39 is 16.6 Å². The summed E-state index contributed by atoms with van der Waals surface area (Å²) in [6.45, 7) is 9.35. The summed E-state index contributed by atoms with van der Waals surface area (Å²) in [6, 6.07) is 9.74. The highest BCUT2D eigenvalue weighted by atomic mass is 16.6. The van der Waals surface area contributed by atoms with Gasteiger partial charge in [0.1, 0.15) is 17.8 Å². The molecule has 8 heteroatoms. The molecule has 4 rings (SSSR count). The fourth-order valence-corrected chi connectivity index (χ4v) is 5.27. The van der Waals surface area contributed by atoms with Crippen molar-refractivity contribution in [2.24, 2.45) is 5.41 Å². The molecule has 2 amide bonds. The minimum absolute atomic E-state index is 0.0563. The first-order chi connectivity index (χ1) is 16.5. The van der Waals surface area contributed by atoms with Gasteiger partial charge in [-0.05, 0) is 58.9 Å². The van der Waals surface area contributed by atoms with Crippen molar-refractivity contribution in [3.8, 4) is 0 Å². The van der Waals surface area contributed by atoms with Crippen molar-refractivity contribution in [2.45, 2.75) is 90.1 Å². The number of piperidine rings is 1. The van der Waals surface area contributed by atoms with Gasteiger partial charge in [0.15, 0.2) is 0 Å². The van der Waals surface area contributed by atoms with Crippen molar-refractivity contribution in [2.75, 3.05) is 19.6 Å². The van der Waals surface area contributed by atoms with Gasteiger partial charge in [-0.3, -0.25) is 4.79 Å². The molecule has 2 saturated heterocycles. The van der Waals surface area contributed by atoms with Crippen molar-refractivity contribution < 1.29 is 28.6 Å². The Kier molecular flexibility index (Phi) is 7.02. The van der Waals surface area contributed by atoms with Gasteiger partial charge in [0.2, 0.25) is 0 Å². The molecule has 0 aromatic heterocycles. The number of amides is 2. The second-order valence-electron chi connectivity index (χ2n) is 11.5. The molecule has 1 aromatic carbocycles. The Morgan fingerprint density at radius 3 is 2.29 bits per heavy atom. The molecule has 0 bridgehead atoms. The molecule has 1 aromatic rings. The quantitative estimate of drug-likeness (QED) is 0.445. The van der Waals surface area contributed by atoms with Crippen molar-refractivity contribution in [1.29, 1.82) is 0 Å². The van der Waals surface area contributed by atoms with Crippen LogP contribution >= 0.6 is 0 Å². The molecular formula is C27H38N2O6. The predicted octanol–water partition coefficient (Wildman–Crippen LogP) is 4.90. The predicted molar refractivity (Wildman–Crippen MR) is 130 cm³/mol. The topological polar surface area (TPSA) is 85.4 Å². The molecule has 0 atom stereocenters. The largest absolute Gasteiger partial charge is 0.460 e. The van der Waals surface area contributed by atoms with Crippen molar-refractivity contribution >= 4 is 18.2 Å². The second kappa shape index (κ2) is 9.70. The van der Waals surface area contributed by atoms with E-state index in [4.69, 9.17) is 14.2 Å². The standard InChI is InChI=1S/C27H38N2O6/c1-25(2,3)34-23(31)28-16-14-27(15-17-28)19-29(24(32)35-27)21-10-12-26(4,13-11-21)22(30)33-18-20-8-6-5-7-9-20/h5-9,21H,10-19H2,1-4H3/t21-,26+. The van der Waals surface area contributed by atoms with Gasteiger partial charge in [-0.25, -0.2) is 9.59 Å². The molecule has 3 aliphatic rings. The zero-order valence-electron chi connectivity index (χ0n) is 21.4. The first-order valence-corrected chi connectivity index (χ1v) is 12.7. The zero-order chi connectivity index (χ0) is 25.3. The van der Waals surface area contributed by atoms with E-state index in [1.807, 2.05) is 62.9 Å². The van der Waals surface area contributed by atoms with Gasteiger partial charge in [0.25, 0.3) is 0 Å². The van der Waals surface area contributed by atoms with E-state index in [0.717, 1.165) is 18.4 Å². The molecule has 35 heavy (non-hydrogen) atoms. The highest BCUT2D eigenvalue weighted by molar-refractivity contribution is 5.77. The number of nitrogens with zero attached hydrogens (tertiary/aromatic N) is 2. The Bertz CT molecular complexity index is 925. The summed E-state index contributed by atoms with van der Waals surface area (Å²) in [5.74, 6) is -0.171. The number of ether oxygens (including phenoxy) is 3. The highest BCUT2D eigenvalue weighted by Gasteiger charge is 2.51. The van der Waals surface area contributed by atoms with Crippen LogP contribution in [0.3, 0.4) is 0 Å². The fourth-order valence-electron chi connectivity index (χ4n) is 5.27. The lowest BCUT2D eigenvalue weighted by atomic mass is 9.73. The van der Waals surface area contributed by atoms with Gasteiger partial charge in [-0.1, -0.05) is 30.3 Å². The van der Waals surface area contributed by atoms with Crippen LogP contribution in [0.15, 0.2) is 30.3 Å². The van der Waals surface area contributed by atoms with E-state index in [1.54, 1.807) is 4.90 Å². The molecule has 8 nitrogen and oxygen atoms in total. The maximum atomic E-state index is 12.8. The lowest BCUT2D eigenvalue weighted by Gasteiger charge is -2.40. The monoisotopic (exact) mass is 486 g/mol. The number of hydrogen-bond acceptors (Lipinski definition) is 6. The summed E-state index contributed by atoms with van der Waals surface area (Å²) >= 11 is 0. The molecule has 0 N–H and O–H groups in total. The van der Waals surface area contributed by atoms with Crippen LogP contribution in [0, 0.1) is 5.41 Å². The fraction of sp³-hybridized carbons (Fsp3) is 0.667. The molecule has 1 aliphatic carbocycles. The van der Waals surface area contributed by atoms with Crippen molar-refractivity contribution in [3.05, 3.63) is 35.9 Å². The maximum absolute atomic E-state index is 12.8. The van der Waals surface area contributed by atoms with Gasteiger partial charge in [0, 0.05) is 32.0 Å². The van der Waals surface area contributed by atoms with Crippen LogP contribution in [-0.4, -0.2) is 64.8 Å². The summed E-state index contributed by atoms with van der Waals surface area (Å²) in [7, 11) is 0. The minimum Gasteiger partial charge on any atom is -0.460 e. The van der Waals surface area contributed by atoms with Gasteiger partial charge in [-0.2, -0.15) is 0 Å². The Labute approximate surface area is 207 Å². The van der Waals surface area contributed by atoms with Crippen LogP contribution in [0.2, 0.25) is 0 Å². The normalized spacial score (nSPS) is 26.4. The molecule has 0 unspecified atom stereocenters. The summed E-state index contributed by atoms with van der Waals surface area (Å²) in [5.41, 5.74) is -0.649. The molecule has 1 spiro atoms. The number of benzene rings is 1. The molecule has 0 radical (unpaired) electrons. The molecule has 2 heterocycles. The van der Waals surface area contributed by atoms with E-state index in [1.165, 1.54) is 0 Å². The first kappa shape index (κ1) is 25.3. The number of likely N-dealkylation sites (tertiary alicyclic amines) is 1. The van der Waals surface area contributed by atoms with Crippen LogP contribution in [0.5, 0.6) is 0 Å². The van der Waals surface area contributed by atoms with E-state index in [2.05, 4.69) is 0 Å². The number of carbonyl (C=O) groups is 3. The number of rotatable bonds is 4. The second-order valence-corrected chi connectivity index (χ2v) is 11.5. The van der Waals surface area contributed by atoms with Gasteiger partial charge >= 0.3 is 18.2 Å². The number of carbonyl (C=O) groups excluding carboxylic acids is 3. The Morgan fingerprint density at radius 1 is 1.06 bits per heavy atom. The van der Waals surface area contributed by atoms with E-state index in [0.29, 0.717) is 45.3 Å². The van der Waals surface area contributed by atoms with Gasteiger partial charge in [0.05, 0.1) is 12.0 Å². The lowest BCUT2D eigenvalue weighted by molar-refractivity contribution is -0.158. The van der Waals surface area contributed by atoms with Gasteiger partial charge in [-0.15, -0.1) is 0 Å². The Balaban J connectivity index is 1.27. The molecule has 192 valence electrons.